The van der Waals surface area contributed by atoms with E-state index in [9.17, 15) is 13.2 Å². The van der Waals surface area contributed by atoms with E-state index in [1.165, 1.54) is 77.0 Å². The van der Waals surface area contributed by atoms with Crippen molar-refractivity contribution in [1.82, 2.24) is 19.3 Å². The number of esters is 1. The lowest BCUT2D eigenvalue weighted by Crippen LogP contribution is -2.43. The van der Waals surface area contributed by atoms with Crippen LogP contribution in [0, 0.1) is 12.8 Å². The number of unbranched alkanes of at least 4 members (excludes halogenated alkanes) is 15. The van der Waals surface area contributed by atoms with Crippen LogP contribution in [0.3, 0.4) is 0 Å². The van der Waals surface area contributed by atoms with Crippen molar-refractivity contribution in [2.24, 2.45) is 5.92 Å². The molecule has 0 saturated carbocycles. The molecule has 2 aromatic heterocycles. The zero-order chi connectivity index (χ0) is 31.3. The standard InChI is InChI=1S/C34H60N4O4S/c1-5-6-7-8-9-10-11-12-13-14-15-16-17-18-20-25-42-34(39)31(27-29(2)3)37-43(40,41)26-21-19-24-38-30(4)36-32-28-35-23-22-33(32)38/h22-23,28-29,31,37H,5-21,24-27H2,1-4H3/t31-/m0/s1. The van der Waals surface area contributed by atoms with E-state index in [4.69, 9.17) is 4.74 Å². The number of nitrogens with zero attached hydrogens (tertiary/aromatic N) is 3. The van der Waals surface area contributed by atoms with Crippen molar-refractivity contribution in [3.8, 4) is 0 Å². The zero-order valence-electron chi connectivity index (χ0n) is 27.6. The minimum absolute atomic E-state index is 0.0266. The second-order valence-corrected chi connectivity index (χ2v) is 14.5. The fourth-order valence-electron chi connectivity index (χ4n) is 5.63. The second-order valence-electron chi connectivity index (χ2n) is 12.6. The van der Waals surface area contributed by atoms with Gasteiger partial charge in [-0.3, -0.25) is 9.78 Å². The van der Waals surface area contributed by atoms with Crippen molar-refractivity contribution < 1.29 is 17.9 Å². The van der Waals surface area contributed by atoms with Crippen LogP contribution in [0.15, 0.2) is 18.5 Å². The summed E-state index contributed by atoms with van der Waals surface area (Å²) in [6.07, 6.45) is 24.3. The van der Waals surface area contributed by atoms with Crippen LogP contribution in [-0.4, -0.2) is 47.3 Å². The van der Waals surface area contributed by atoms with Gasteiger partial charge in [-0.15, -0.1) is 0 Å². The van der Waals surface area contributed by atoms with Crippen molar-refractivity contribution in [2.75, 3.05) is 12.4 Å². The first kappa shape index (κ1) is 37.2. The Hall–Kier alpha value is -2.00. The molecule has 0 unspecified atom stereocenters. The van der Waals surface area contributed by atoms with Gasteiger partial charge in [-0.2, -0.15) is 0 Å². The summed E-state index contributed by atoms with van der Waals surface area (Å²) in [6, 6.07) is 1.09. The molecule has 9 heteroatoms. The Labute approximate surface area is 262 Å². The third kappa shape index (κ3) is 16.0. The molecule has 8 nitrogen and oxygen atoms in total. The molecule has 2 rings (SSSR count). The van der Waals surface area contributed by atoms with E-state index >= 15 is 0 Å². The summed E-state index contributed by atoms with van der Waals surface area (Å²) in [5.74, 6) is 0.564. The van der Waals surface area contributed by atoms with Crippen LogP contribution in [0.1, 0.15) is 142 Å². The molecule has 2 aromatic rings. The largest absolute Gasteiger partial charge is 0.465 e. The molecule has 0 aromatic carbocycles. The average Bonchev–Trinajstić information content (AvgIpc) is 3.28. The summed E-state index contributed by atoms with van der Waals surface area (Å²) >= 11 is 0. The number of imidazole rings is 1. The number of carbonyl (C=O) groups excluding carboxylic acids is 1. The summed E-state index contributed by atoms with van der Waals surface area (Å²) in [4.78, 5) is 21.4. The number of fused-ring (bicyclic) bond motifs is 1. The highest BCUT2D eigenvalue weighted by atomic mass is 32.2. The number of hydrogen-bond donors (Lipinski definition) is 1. The third-order valence-corrected chi connectivity index (χ3v) is 9.56. The quantitative estimate of drug-likeness (QED) is 0.0839. The molecule has 0 aliphatic heterocycles. The Balaban J connectivity index is 1.57. The second kappa shape index (κ2) is 21.7. The van der Waals surface area contributed by atoms with Crippen LogP contribution >= 0.6 is 0 Å². The smallest absolute Gasteiger partial charge is 0.324 e. The molecule has 0 saturated heterocycles. The van der Waals surface area contributed by atoms with Crippen LogP contribution in [0.25, 0.3) is 11.0 Å². The summed E-state index contributed by atoms with van der Waals surface area (Å²) in [5, 5.41) is 0. The van der Waals surface area contributed by atoms with E-state index in [1.807, 2.05) is 26.8 Å². The summed E-state index contributed by atoms with van der Waals surface area (Å²) in [6.45, 7) is 9.20. The van der Waals surface area contributed by atoms with Crippen LogP contribution < -0.4 is 4.72 Å². The predicted molar refractivity (Wildman–Crippen MR) is 178 cm³/mol. The third-order valence-electron chi connectivity index (χ3n) is 8.09. The molecule has 2 heterocycles. The van der Waals surface area contributed by atoms with Gasteiger partial charge in [0.2, 0.25) is 10.0 Å². The molecular formula is C34H60N4O4S. The fraction of sp³-hybridized carbons (Fsp3) is 0.794. The molecule has 0 fully saturated rings. The fourth-order valence-corrected chi connectivity index (χ4v) is 6.96. The Kier molecular flexibility index (Phi) is 18.7. The van der Waals surface area contributed by atoms with Gasteiger partial charge in [-0.1, -0.05) is 111 Å². The van der Waals surface area contributed by atoms with Gasteiger partial charge in [0.15, 0.2) is 0 Å². The maximum absolute atomic E-state index is 12.8. The van der Waals surface area contributed by atoms with Crippen molar-refractivity contribution >= 4 is 27.0 Å². The first-order chi connectivity index (χ1) is 20.7. The SMILES string of the molecule is CCCCCCCCCCCCCCCCCOC(=O)[C@H](CC(C)C)NS(=O)(=O)CCCCn1c(C)nc2cnccc21. The van der Waals surface area contributed by atoms with Gasteiger partial charge >= 0.3 is 5.97 Å². The van der Waals surface area contributed by atoms with Gasteiger partial charge in [0.25, 0.3) is 0 Å². The topological polar surface area (TPSA) is 103 Å². The average molecular weight is 621 g/mol. The monoisotopic (exact) mass is 620 g/mol. The van der Waals surface area contributed by atoms with Gasteiger partial charge in [-0.25, -0.2) is 18.1 Å². The number of carbonyl (C=O) groups is 1. The molecule has 246 valence electrons. The number of aromatic nitrogens is 3. The molecule has 0 spiro atoms. The summed E-state index contributed by atoms with van der Waals surface area (Å²) in [7, 11) is -3.61. The Morgan fingerprint density at radius 1 is 0.884 bits per heavy atom. The van der Waals surface area contributed by atoms with Crippen LogP contribution in [0.4, 0.5) is 0 Å². The first-order valence-corrected chi connectivity index (χ1v) is 18.8. The van der Waals surface area contributed by atoms with E-state index in [2.05, 4.69) is 26.2 Å². The van der Waals surface area contributed by atoms with E-state index in [0.29, 0.717) is 32.4 Å². The molecule has 43 heavy (non-hydrogen) atoms. The van der Waals surface area contributed by atoms with Gasteiger partial charge in [0.1, 0.15) is 17.4 Å². The van der Waals surface area contributed by atoms with Gasteiger partial charge in [0.05, 0.1) is 24.1 Å². The summed E-state index contributed by atoms with van der Waals surface area (Å²) < 4.78 is 35.9. The number of nitrogens with one attached hydrogen (secondary N) is 1. The van der Waals surface area contributed by atoms with E-state index in [1.54, 1.807) is 12.4 Å². The molecule has 1 atom stereocenters. The highest BCUT2D eigenvalue weighted by Gasteiger charge is 2.26. The number of aryl methyl sites for hydroxylation is 2. The highest BCUT2D eigenvalue weighted by Crippen LogP contribution is 2.16. The molecular weight excluding hydrogens is 560 g/mol. The van der Waals surface area contributed by atoms with Gasteiger partial charge in [-0.05, 0) is 44.6 Å². The molecule has 1 N–H and O–H groups in total. The minimum atomic E-state index is -3.61. The van der Waals surface area contributed by atoms with Crippen LogP contribution in [0.2, 0.25) is 0 Å². The molecule has 0 aliphatic rings. The van der Waals surface area contributed by atoms with Gasteiger partial charge in [0, 0.05) is 12.7 Å². The highest BCUT2D eigenvalue weighted by molar-refractivity contribution is 7.89. The number of rotatable bonds is 26. The van der Waals surface area contributed by atoms with E-state index in [0.717, 1.165) is 36.1 Å². The van der Waals surface area contributed by atoms with Crippen molar-refractivity contribution in [1.29, 1.82) is 0 Å². The normalized spacial score (nSPS) is 12.8. The van der Waals surface area contributed by atoms with Crippen LogP contribution in [-0.2, 0) is 26.1 Å². The molecule has 0 amide bonds. The first-order valence-electron chi connectivity index (χ1n) is 17.2. The predicted octanol–water partition coefficient (Wildman–Crippen LogP) is 8.27. The molecule has 0 bridgehead atoms. The van der Waals surface area contributed by atoms with E-state index < -0.39 is 22.0 Å². The number of sulfonamides is 1. The summed E-state index contributed by atoms with van der Waals surface area (Å²) in [5.41, 5.74) is 1.84. The maximum Gasteiger partial charge on any atom is 0.324 e. The number of ether oxygens (including phenoxy) is 1. The van der Waals surface area contributed by atoms with E-state index in [-0.39, 0.29) is 11.7 Å². The number of pyridine rings is 1. The lowest BCUT2D eigenvalue weighted by molar-refractivity contribution is -0.146. The Bertz CT molecular complexity index is 1130. The minimum Gasteiger partial charge on any atom is -0.465 e. The zero-order valence-corrected chi connectivity index (χ0v) is 28.4. The molecule has 0 aliphatic carbocycles. The lowest BCUT2D eigenvalue weighted by Gasteiger charge is -2.19. The Morgan fingerprint density at radius 3 is 2.05 bits per heavy atom. The number of hydrogen-bond acceptors (Lipinski definition) is 6. The van der Waals surface area contributed by atoms with Crippen molar-refractivity contribution in [3.63, 3.8) is 0 Å². The van der Waals surface area contributed by atoms with Gasteiger partial charge < -0.3 is 9.30 Å². The maximum atomic E-state index is 12.8. The lowest BCUT2D eigenvalue weighted by atomic mass is 10.0. The van der Waals surface area contributed by atoms with Crippen LogP contribution in [0.5, 0.6) is 0 Å². The van der Waals surface area contributed by atoms with Crippen molar-refractivity contribution in [3.05, 3.63) is 24.3 Å². The Morgan fingerprint density at radius 2 is 1.47 bits per heavy atom. The molecule has 0 radical (unpaired) electrons. The van der Waals surface area contributed by atoms with Crippen molar-refractivity contribution in [2.45, 2.75) is 156 Å².